The molecule has 0 spiro atoms. The van der Waals surface area contributed by atoms with Gasteiger partial charge < -0.3 is 20.2 Å². The van der Waals surface area contributed by atoms with E-state index in [0.29, 0.717) is 12.6 Å². The highest BCUT2D eigenvalue weighted by molar-refractivity contribution is 5.73. The van der Waals surface area contributed by atoms with E-state index in [0.717, 1.165) is 25.9 Å². The number of urea groups is 1. The molecule has 0 aliphatic carbocycles. The smallest absolute Gasteiger partial charge is 0.319 e. The first-order valence-electron chi connectivity index (χ1n) is 5.92. The summed E-state index contributed by atoms with van der Waals surface area (Å²) in [5, 5.41) is 11.7. The second kappa shape index (κ2) is 6.44. The lowest BCUT2D eigenvalue weighted by Gasteiger charge is -2.34. The number of aliphatic carboxylic acids is 1. The van der Waals surface area contributed by atoms with Crippen LogP contribution in [0.1, 0.15) is 19.3 Å². The van der Waals surface area contributed by atoms with Crippen LogP contribution in [0.3, 0.4) is 0 Å². The molecule has 17 heavy (non-hydrogen) atoms. The molecular formula is C11H21N3O3. The average molecular weight is 243 g/mol. The fourth-order valence-electron chi connectivity index (χ4n) is 1.94. The third kappa shape index (κ3) is 4.60. The SMILES string of the molecule is CN(C)C(=O)N1CCC(NCCC(=O)O)CC1. The first-order valence-corrected chi connectivity index (χ1v) is 5.92. The van der Waals surface area contributed by atoms with E-state index in [1.165, 1.54) is 0 Å². The lowest BCUT2D eigenvalue weighted by atomic mass is 10.1. The van der Waals surface area contributed by atoms with Crippen molar-refractivity contribution in [1.82, 2.24) is 15.1 Å². The molecule has 2 amide bonds. The van der Waals surface area contributed by atoms with Crippen molar-refractivity contribution in [2.75, 3.05) is 33.7 Å². The number of rotatable bonds is 4. The zero-order chi connectivity index (χ0) is 12.8. The summed E-state index contributed by atoms with van der Waals surface area (Å²) in [4.78, 5) is 25.4. The van der Waals surface area contributed by atoms with E-state index in [9.17, 15) is 9.59 Å². The lowest BCUT2D eigenvalue weighted by Crippen LogP contribution is -2.48. The van der Waals surface area contributed by atoms with Gasteiger partial charge in [0.2, 0.25) is 0 Å². The molecule has 0 bridgehead atoms. The molecule has 1 aliphatic heterocycles. The van der Waals surface area contributed by atoms with Gasteiger partial charge in [0.25, 0.3) is 0 Å². The molecule has 1 fully saturated rings. The molecule has 1 saturated heterocycles. The van der Waals surface area contributed by atoms with E-state index in [2.05, 4.69) is 5.32 Å². The Labute approximate surface area is 102 Å². The summed E-state index contributed by atoms with van der Waals surface area (Å²) in [6.07, 6.45) is 1.93. The Morgan fingerprint density at radius 2 is 1.94 bits per heavy atom. The van der Waals surface area contributed by atoms with Crippen LogP contribution in [0.25, 0.3) is 0 Å². The van der Waals surface area contributed by atoms with Crippen molar-refractivity contribution < 1.29 is 14.7 Å². The summed E-state index contributed by atoms with van der Waals surface area (Å²) >= 11 is 0. The average Bonchev–Trinajstić information content (AvgIpc) is 2.28. The second-order valence-corrected chi connectivity index (χ2v) is 4.54. The van der Waals surface area contributed by atoms with Gasteiger partial charge in [-0.2, -0.15) is 0 Å². The van der Waals surface area contributed by atoms with Crippen LogP contribution in [0.4, 0.5) is 4.79 Å². The van der Waals surface area contributed by atoms with Crippen molar-refractivity contribution in [2.45, 2.75) is 25.3 Å². The predicted octanol–water partition coefficient (Wildman–Crippen LogP) is 0.197. The van der Waals surface area contributed by atoms with Crippen molar-refractivity contribution in [3.8, 4) is 0 Å². The number of nitrogens with one attached hydrogen (secondary N) is 1. The van der Waals surface area contributed by atoms with Gasteiger partial charge in [-0.15, -0.1) is 0 Å². The molecule has 1 heterocycles. The predicted molar refractivity (Wildman–Crippen MR) is 63.9 cm³/mol. The molecule has 0 radical (unpaired) electrons. The Balaban J connectivity index is 2.21. The number of carbonyl (C=O) groups is 2. The highest BCUT2D eigenvalue weighted by atomic mass is 16.4. The van der Waals surface area contributed by atoms with Gasteiger partial charge in [-0.3, -0.25) is 4.79 Å². The molecule has 1 rings (SSSR count). The van der Waals surface area contributed by atoms with E-state index < -0.39 is 5.97 Å². The van der Waals surface area contributed by atoms with Crippen molar-refractivity contribution >= 4 is 12.0 Å². The quantitative estimate of drug-likeness (QED) is 0.739. The summed E-state index contributed by atoms with van der Waals surface area (Å²) in [6.45, 7) is 1.98. The van der Waals surface area contributed by atoms with Crippen LogP contribution < -0.4 is 5.32 Å². The van der Waals surface area contributed by atoms with Crippen LogP contribution in [0, 0.1) is 0 Å². The number of nitrogens with zero attached hydrogens (tertiary/aromatic N) is 2. The summed E-state index contributed by atoms with van der Waals surface area (Å²) in [6, 6.07) is 0.384. The van der Waals surface area contributed by atoms with Gasteiger partial charge in [0.05, 0.1) is 6.42 Å². The van der Waals surface area contributed by atoms with Crippen molar-refractivity contribution in [3.63, 3.8) is 0 Å². The third-order valence-corrected chi connectivity index (χ3v) is 2.92. The maximum Gasteiger partial charge on any atom is 0.319 e. The molecule has 2 N–H and O–H groups in total. The number of piperidine rings is 1. The Morgan fingerprint density at radius 1 is 1.35 bits per heavy atom. The number of hydrogen-bond acceptors (Lipinski definition) is 3. The van der Waals surface area contributed by atoms with Crippen LogP contribution in [0.15, 0.2) is 0 Å². The summed E-state index contributed by atoms with van der Waals surface area (Å²) in [5.74, 6) is -0.780. The Kier molecular flexibility index (Phi) is 5.21. The Morgan fingerprint density at radius 3 is 2.41 bits per heavy atom. The minimum absolute atomic E-state index is 0.0500. The van der Waals surface area contributed by atoms with Crippen molar-refractivity contribution in [1.29, 1.82) is 0 Å². The molecule has 0 unspecified atom stereocenters. The van der Waals surface area contributed by atoms with Gasteiger partial charge in [0.1, 0.15) is 0 Å². The van der Waals surface area contributed by atoms with Gasteiger partial charge in [0.15, 0.2) is 0 Å². The fourth-order valence-corrected chi connectivity index (χ4v) is 1.94. The minimum atomic E-state index is -0.780. The highest BCUT2D eigenvalue weighted by Gasteiger charge is 2.23. The lowest BCUT2D eigenvalue weighted by molar-refractivity contribution is -0.136. The fraction of sp³-hybridized carbons (Fsp3) is 0.818. The first kappa shape index (κ1) is 13.8. The second-order valence-electron chi connectivity index (χ2n) is 4.54. The molecule has 0 saturated carbocycles. The number of carbonyl (C=O) groups excluding carboxylic acids is 1. The molecule has 98 valence electrons. The van der Waals surface area contributed by atoms with E-state index in [-0.39, 0.29) is 12.5 Å². The molecule has 0 atom stereocenters. The number of likely N-dealkylation sites (tertiary alicyclic amines) is 1. The molecular weight excluding hydrogens is 222 g/mol. The number of hydrogen-bond donors (Lipinski definition) is 2. The maximum atomic E-state index is 11.7. The monoisotopic (exact) mass is 243 g/mol. The molecule has 0 aromatic rings. The van der Waals surface area contributed by atoms with Crippen molar-refractivity contribution in [3.05, 3.63) is 0 Å². The largest absolute Gasteiger partial charge is 0.481 e. The molecule has 6 heteroatoms. The van der Waals surface area contributed by atoms with Gasteiger partial charge in [0, 0.05) is 39.8 Å². The topological polar surface area (TPSA) is 72.9 Å². The van der Waals surface area contributed by atoms with Crippen LogP contribution in [0.5, 0.6) is 0 Å². The maximum absolute atomic E-state index is 11.7. The number of carboxylic acid groups (broad SMARTS) is 1. The zero-order valence-electron chi connectivity index (χ0n) is 10.5. The molecule has 6 nitrogen and oxygen atoms in total. The standard InChI is InChI=1S/C11H21N3O3/c1-13(2)11(17)14-7-4-9(5-8-14)12-6-3-10(15)16/h9,12H,3-8H2,1-2H3,(H,15,16). The van der Waals surface area contributed by atoms with Crippen LogP contribution in [0.2, 0.25) is 0 Å². The van der Waals surface area contributed by atoms with Gasteiger partial charge in [-0.25, -0.2) is 4.79 Å². The summed E-state index contributed by atoms with van der Waals surface area (Å²) in [7, 11) is 3.50. The molecule has 0 aromatic carbocycles. The van der Waals surface area contributed by atoms with Crippen LogP contribution in [-0.2, 0) is 4.79 Å². The van der Waals surface area contributed by atoms with E-state index >= 15 is 0 Å². The van der Waals surface area contributed by atoms with Crippen molar-refractivity contribution in [2.24, 2.45) is 0 Å². The normalized spacial score (nSPS) is 16.9. The van der Waals surface area contributed by atoms with E-state index in [4.69, 9.17) is 5.11 Å². The Bertz CT molecular complexity index is 273. The minimum Gasteiger partial charge on any atom is -0.481 e. The molecule has 0 aromatic heterocycles. The van der Waals surface area contributed by atoms with Gasteiger partial charge in [-0.1, -0.05) is 0 Å². The first-order chi connectivity index (χ1) is 8.00. The van der Waals surface area contributed by atoms with Gasteiger partial charge >= 0.3 is 12.0 Å². The van der Waals surface area contributed by atoms with Gasteiger partial charge in [-0.05, 0) is 12.8 Å². The highest BCUT2D eigenvalue weighted by Crippen LogP contribution is 2.11. The number of amides is 2. The van der Waals surface area contributed by atoms with Crippen LogP contribution in [-0.4, -0.2) is 66.7 Å². The summed E-state index contributed by atoms with van der Waals surface area (Å²) in [5.41, 5.74) is 0. The zero-order valence-corrected chi connectivity index (χ0v) is 10.5. The van der Waals surface area contributed by atoms with E-state index in [1.54, 1.807) is 19.0 Å². The summed E-state index contributed by atoms with van der Waals surface area (Å²) < 4.78 is 0. The third-order valence-electron chi connectivity index (χ3n) is 2.92. The Hall–Kier alpha value is -1.30. The number of carboxylic acids is 1. The molecule has 1 aliphatic rings. The van der Waals surface area contributed by atoms with E-state index in [1.807, 2.05) is 4.90 Å². The van der Waals surface area contributed by atoms with Crippen LogP contribution >= 0.6 is 0 Å².